The molecule has 0 aromatic heterocycles. The SMILES string of the molecule is CCOC(=O)C[C@]1(N)CCOC1. The van der Waals surface area contributed by atoms with Crippen LogP contribution in [0.25, 0.3) is 0 Å². The van der Waals surface area contributed by atoms with Gasteiger partial charge in [0.1, 0.15) is 0 Å². The minimum absolute atomic E-state index is 0.231. The van der Waals surface area contributed by atoms with Crippen LogP contribution in [0.4, 0.5) is 0 Å². The summed E-state index contributed by atoms with van der Waals surface area (Å²) in [6, 6.07) is 0. The largest absolute Gasteiger partial charge is 0.466 e. The molecule has 4 nitrogen and oxygen atoms in total. The minimum Gasteiger partial charge on any atom is -0.466 e. The maximum atomic E-state index is 11.0. The zero-order chi connectivity index (χ0) is 9.03. The van der Waals surface area contributed by atoms with Crippen LogP contribution in [-0.2, 0) is 14.3 Å². The molecule has 0 amide bonds. The van der Waals surface area contributed by atoms with Crippen molar-refractivity contribution in [1.82, 2.24) is 0 Å². The van der Waals surface area contributed by atoms with E-state index in [0.717, 1.165) is 6.42 Å². The van der Waals surface area contributed by atoms with Crippen LogP contribution in [0.1, 0.15) is 19.8 Å². The van der Waals surface area contributed by atoms with Crippen LogP contribution in [-0.4, -0.2) is 31.3 Å². The molecule has 0 aromatic rings. The van der Waals surface area contributed by atoms with Gasteiger partial charge in [0.25, 0.3) is 0 Å². The summed E-state index contributed by atoms with van der Waals surface area (Å²) >= 11 is 0. The zero-order valence-electron chi connectivity index (χ0n) is 7.34. The zero-order valence-corrected chi connectivity index (χ0v) is 7.34. The Morgan fingerprint density at radius 3 is 3.00 bits per heavy atom. The molecule has 1 saturated heterocycles. The van der Waals surface area contributed by atoms with Crippen molar-refractivity contribution in [2.45, 2.75) is 25.3 Å². The Labute approximate surface area is 72.0 Å². The molecule has 1 fully saturated rings. The van der Waals surface area contributed by atoms with Gasteiger partial charge in [0.15, 0.2) is 0 Å². The van der Waals surface area contributed by atoms with E-state index in [1.807, 2.05) is 0 Å². The van der Waals surface area contributed by atoms with Gasteiger partial charge in [-0.25, -0.2) is 0 Å². The van der Waals surface area contributed by atoms with Crippen molar-refractivity contribution < 1.29 is 14.3 Å². The molecular formula is C8H15NO3. The van der Waals surface area contributed by atoms with E-state index >= 15 is 0 Å². The maximum Gasteiger partial charge on any atom is 0.307 e. The molecular weight excluding hydrogens is 158 g/mol. The number of rotatable bonds is 3. The van der Waals surface area contributed by atoms with Gasteiger partial charge >= 0.3 is 5.97 Å². The lowest BCUT2D eigenvalue weighted by molar-refractivity contribution is -0.144. The highest BCUT2D eigenvalue weighted by atomic mass is 16.5. The highest BCUT2D eigenvalue weighted by Crippen LogP contribution is 2.19. The van der Waals surface area contributed by atoms with Gasteiger partial charge in [-0.15, -0.1) is 0 Å². The van der Waals surface area contributed by atoms with Crippen molar-refractivity contribution in [1.29, 1.82) is 0 Å². The number of nitrogens with two attached hydrogens (primary N) is 1. The van der Waals surface area contributed by atoms with Crippen LogP contribution in [0, 0.1) is 0 Å². The molecule has 4 heteroatoms. The van der Waals surface area contributed by atoms with Gasteiger partial charge in [-0.1, -0.05) is 0 Å². The summed E-state index contributed by atoms with van der Waals surface area (Å²) in [5.74, 6) is -0.231. The van der Waals surface area contributed by atoms with E-state index in [1.54, 1.807) is 6.92 Å². The molecule has 1 aliphatic heterocycles. The van der Waals surface area contributed by atoms with Gasteiger partial charge in [-0.2, -0.15) is 0 Å². The third-order valence-electron chi connectivity index (χ3n) is 1.94. The molecule has 2 N–H and O–H groups in total. The van der Waals surface area contributed by atoms with Gasteiger partial charge in [0.2, 0.25) is 0 Å². The quantitative estimate of drug-likeness (QED) is 0.613. The van der Waals surface area contributed by atoms with E-state index in [4.69, 9.17) is 15.2 Å². The molecule has 1 aliphatic rings. The monoisotopic (exact) mass is 173 g/mol. The first kappa shape index (κ1) is 9.48. The van der Waals surface area contributed by atoms with E-state index in [1.165, 1.54) is 0 Å². The topological polar surface area (TPSA) is 61.5 Å². The fourth-order valence-corrected chi connectivity index (χ4v) is 1.26. The third kappa shape index (κ3) is 2.46. The van der Waals surface area contributed by atoms with Crippen molar-refractivity contribution in [3.05, 3.63) is 0 Å². The maximum absolute atomic E-state index is 11.0. The summed E-state index contributed by atoms with van der Waals surface area (Å²) < 4.78 is 9.90. The lowest BCUT2D eigenvalue weighted by Gasteiger charge is -2.19. The van der Waals surface area contributed by atoms with Crippen LogP contribution in [0.15, 0.2) is 0 Å². The van der Waals surface area contributed by atoms with Crippen molar-refractivity contribution in [2.24, 2.45) is 5.73 Å². The molecule has 0 aromatic carbocycles. The van der Waals surface area contributed by atoms with E-state index in [-0.39, 0.29) is 12.4 Å². The summed E-state index contributed by atoms with van der Waals surface area (Å²) in [5, 5.41) is 0. The van der Waals surface area contributed by atoms with Crippen LogP contribution in [0.5, 0.6) is 0 Å². The summed E-state index contributed by atoms with van der Waals surface area (Å²) in [5.41, 5.74) is 5.38. The lowest BCUT2D eigenvalue weighted by Crippen LogP contribution is -2.42. The molecule has 0 unspecified atom stereocenters. The summed E-state index contributed by atoms with van der Waals surface area (Å²) in [4.78, 5) is 11.0. The Balaban J connectivity index is 2.33. The van der Waals surface area contributed by atoms with Crippen LogP contribution in [0.2, 0.25) is 0 Å². The van der Waals surface area contributed by atoms with Crippen LogP contribution in [0.3, 0.4) is 0 Å². The smallest absolute Gasteiger partial charge is 0.307 e. The molecule has 1 rings (SSSR count). The first-order valence-electron chi connectivity index (χ1n) is 4.18. The van der Waals surface area contributed by atoms with Crippen molar-refractivity contribution in [2.75, 3.05) is 19.8 Å². The highest BCUT2D eigenvalue weighted by Gasteiger charge is 2.33. The number of hydrogen-bond donors (Lipinski definition) is 1. The first-order chi connectivity index (χ1) is 5.66. The second-order valence-corrected chi connectivity index (χ2v) is 3.15. The number of carbonyl (C=O) groups excluding carboxylic acids is 1. The predicted molar refractivity (Wildman–Crippen MR) is 43.6 cm³/mol. The number of carbonyl (C=O) groups is 1. The van der Waals surface area contributed by atoms with E-state index < -0.39 is 5.54 Å². The van der Waals surface area contributed by atoms with E-state index in [0.29, 0.717) is 19.8 Å². The molecule has 1 heterocycles. The van der Waals surface area contributed by atoms with Gasteiger partial charge in [-0.3, -0.25) is 4.79 Å². The molecule has 0 radical (unpaired) electrons. The number of hydrogen-bond acceptors (Lipinski definition) is 4. The normalized spacial score (nSPS) is 28.8. The molecule has 0 saturated carbocycles. The van der Waals surface area contributed by atoms with E-state index in [9.17, 15) is 4.79 Å². The fraction of sp³-hybridized carbons (Fsp3) is 0.875. The summed E-state index contributed by atoms with van der Waals surface area (Å²) in [7, 11) is 0. The Morgan fingerprint density at radius 2 is 2.50 bits per heavy atom. The van der Waals surface area contributed by atoms with Gasteiger partial charge in [-0.05, 0) is 13.3 Å². The Hall–Kier alpha value is -0.610. The average Bonchev–Trinajstić information content (AvgIpc) is 2.36. The predicted octanol–water partition coefficient (Wildman–Crippen LogP) is 0.0574. The average molecular weight is 173 g/mol. The molecule has 1 atom stereocenters. The van der Waals surface area contributed by atoms with Crippen molar-refractivity contribution in [3.8, 4) is 0 Å². The Kier molecular flexibility index (Phi) is 3.05. The summed E-state index contributed by atoms with van der Waals surface area (Å²) in [6.07, 6.45) is 1.01. The van der Waals surface area contributed by atoms with Crippen molar-refractivity contribution >= 4 is 5.97 Å². The molecule has 0 spiro atoms. The van der Waals surface area contributed by atoms with Gasteiger partial charge in [0.05, 0.1) is 25.2 Å². The van der Waals surface area contributed by atoms with Crippen LogP contribution < -0.4 is 5.73 Å². The lowest BCUT2D eigenvalue weighted by atomic mass is 9.96. The standard InChI is InChI=1S/C8H15NO3/c1-2-12-7(10)5-8(9)3-4-11-6-8/h2-6,9H2,1H3/t8-/m1/s1. The molecule has 12 heavy (non-hydrogen) atoms. The number of esters is 1. The fourth-order valence-electron chi connectivity index (χ4n) is 1.26. The molecule has 0 bridgehead atoms. The highest BCUT2D eigenvalue weighted by molar-refractivity contribution is 5.70. The first-order valence-corrected chi connectivity index (χ1v) is 4.18. The minimum atomic E-state index is -0.480. The number of ether oxygens (including phenoxy) is 2. The van der Waals surface area contributed by atoms with E-state index in [2.05, 4.69) is 0 Å². The second kappa shape index (κ2) is 3.87. The molecule has 70 valence electrons. The third-order valence-corrected chi connectivity index (χ3v) is 1.94. The Morgan fingerprint density at radius 1 is 1.75 bits per heavy atom. The van der Waals surface area contributed by atoms with Gasteiger partial charge in [0, 0.05) is 6.61 Å². The van der Waals surface area contributed by atoms with Gasteiger partial charge < -0.3 is 15.2 Å². The Bertz CT molecular complexity index is 164. The summed E-state index contributed by atoms with van der Waals surface area (Å²) in [6.45, 7) is 3.31. The second-order valence-electron chi connectivity index (χ2n) is 3.15. The molecule has 0 aliphatic carbocycles. The van der Waals surface area contributed by atoms with Crippen LogP contribution >= 0.6 is 0 Å². The van der Waals surface area contributed by atoms with Crippen molar-refractivity contribution in [3.63, 3.8) is 0 Å².